The maximum absolute atomic E-state index is 11.9. The molecule has 4 nitrogen and oxygen atoms in total. The second-order valence-electron chi connectivity index (χ2n) is 7.41. The summed E-state index contributed by atoms with van der Waals surface area (Å²) in [5, 5.41) is 3.06. The van der Waals surface area contributed by atoms with Crippen LogP contribution in [0.1, 0.15) is 53.4 Å². The van der Waals surface area contributed by atoms with Crippen molar-refractivity contribution in [1.82, 2.24) is 10.2 Å². The Bertz CT molecular complexity index is 291. The fraction of sp³-hybridized carbons (Fsp3) is 0.938. The van der Waals surface area contributed by atoms with Gasteiger partial charge in [0.05, 0.1) is 0 Å². The first-order chi connectivity index (χ1) is 9.30. The maximum Gasteiger partial charge on any atom is 0.221 e. The molecule has 20 heavy (non-hydrogen) atoms. The van der Waals surface area contributed by atoms with Crippen LogP contribution in [0.3, 0.4) is 0 Å². The van der Waals surface area contributed by atoms with Gasteiger partial charge in [0.2, 0.25) is 5.91 Å². The number of carbonyl (C=O) groups excluding carboxylic acids is 1. The molecule has 1 amide bonds. The van der Waals surface area contributed by atoms with Crippen molar-refractivity contribution in [3.63, 3.8) is 0 Å². The average Bonchev–Trinajstić information content (AvgIpc) is 2.34. The van der Waals surface area contributed by atoms with Gasteiger partial charge in [0.15, 0.2) is 0 Å². The number of hydrogen-bond donors (Lipinski definition) is 2. The van der Waals surface area contributed by atoms with Crippen molar-refractivity contribution in [3.05, 3.63) is 0 Å². The molecular weight excluding hydrogens is 250 g/mol. The van der Waals surface area contributed by atoms with Crippen molar-refractivity contribution in [3.8, 4) is 0 Å². The van der Waals surface area contributed by atoms with Crippen molar-refractivity contribution in [2.45, 2.75) is 59.4 Å². The van der Waals surface area contributed by atoms with Crippen molar-refractivity contribution < 1.29 is 4.79 Å². The van der Waals surface area contributed by atoms with Crippen LogP contribution < -0.4 is 11.1 Å². The van der Waals surface area contributed by atoms with Crippen LogP contribution in [-0.2, 0) is 4.79 Å². The van der Waals surface area contributed by atoms with E-state index in [2.05, 4.69) is 37.9 Å². The third-order valence-corrected chi connectivity index (χ3v) is 4.06. The standard InChI is InChI=1S/C16H33N3O/c1-5-19-8-6-13(7-9-19)12-18-15(20)10-14(17)11-16(2,3)4/h13-14H,5-12,17H2,1-4H3,(H,18,20). The normalized spacial score (nSPS) is 19.9. The molecule has 4 heteroatoms. The molecule has 1 heterocycles. The molecule has 0 bridgehead atoms. The minimum absolute atomic E-state index is 0.0306. The number of carbonyl (C=O) groups is 1. The van der Waals surface area contributed by atoms with Crippen LogP contribution in [0, 0.1) is 11.3 Å². The highest BCUT2D eigenvalue weighted by molar-refractivity contribution is 5.76. The number of nitrogens with zero attached hydrogens (tertiary/aromatic N) is 1. The summed E-state index contributed by atoms with van der Waals surface area (Å²) in [5.74, 6) is 0.750. The van der Waals surface area contributed by atoms with E-state index in [4.69, 9.17) is 5.73 Å². The molecule has 0 spiro atoms. The summed E-state index contributed by atoms with van der Waals surface area (Å²) >= 11 is 0. The van der Waals surface area contributed by atoms with E-state index in [1.165, 1.54) is 25.9 Å². The van der Waals surface area contributed by atoms with E-state index in [9.17, 15) is 4.79 Å². The Morgan fingerprint density at radius 1 is 1.35 bits per heavy atom. The first kappa shape index (κ1) is 17.4. The third-order valence-electron chi connectivity index (χ3n) is 4.06. The zero-order valence-electron chi connectivity index (χ0n) is 13.7. The molecule has 3 N–H and O–H groups in total. The number of amides is 1. The van der Waals surface area contributed by atoms with E-state index in [1.54, 1.807) is 0 Å². The van der Waals surface area contributed by atoms with Crippen LogP contribution in [0.2, 0.25) is 0 Å². The van der Waals surface area contributed by atoms with Gasteiger partial charge in [-0.05, 0) is 50.2 Å². The number of nitrogens with one attached hydrogen (secondary N) is 1. The molecule has 1 unspecified atom stereocenters. The fourth-order valence-electron chi connectivity index (χ4n) is 2.93. The topological polar surface area (TPSA) is 58.4 Å². The maximum atomic E-state index is 11.9. The molecule has 0 aromatic heterocycles. The van der Waals surface area contributed by atoms with Crippen LogP contribution in [0.5, 0.6) is 0 Å². The summed E-state index contributed by atoms with van der Waals surface area (Å²) in [6.07, 6.45) is 3.73. The van der Waals surface area contributed by atoms with E-state index in [0.717, 1.165) is 19.5 Å². The molecule has 0 aromatic rings. The molecule has 1 aliphatic heterocycles. The number of likely N-dealkylation sites (tertiary alicyclic amines) is 1. The lowest BCUT2D eigenvalue weighted by molar-refractivity contribution is -0.121. The molecule has 0 radical (unpaired) electrons. The third kappa shape index (κ3) is 7.25. The number of hydrogen-bond acceptors (Lipinski definition) is 3. The lowest BCUT2D eigenvalue weighted by Gasteiger charge is -2.31. The lowest BCUT2D eigenvalue weighted by Crippen LogP contribution is -2.40. The van der Waals surface area contributed by atoms with Gasteiger partial charge in [-0.2, -0.15) is 0 Å². The first-order valence-corrected chi connectivity index (χ1v) is 8.05. The van der Waals surface area contributed by atoms with E-state index >= 15 is 0 Å². The molecule has 1 aliphatic rings. The molecule has 0 aromatic carbocycles. The van der Waals surface area contributed by atoms with Gasteiger partial charge in [-0.1, -0.05) is 27.7 Å². The van der Waals surface area contributed by atoms with Gasteiger partial charge < -0.3 is 16.0 Å². The first-order valence-electron chi connectivity index (χ1n) is 8.05. The number of piperidine rings is 1. The molecule has 1 atom stereocenters. The lowest BCUT2D eigenvalue weighted by atomic mass is 9.87. The molecule has 0 aliphatic carbocycles. The SMILES string of the molecule is CCN1CCC(CNC(=O)CC(N)CC(C)(C)C)CC1. The van der Waals surface area contributed by atoms with Gasteiger partial charge >= 0.3 is 0 Å². The van der Waals surface area contributed by atoms with Gasteiger partial charge in [-0.3, -0.25) is 4.79 Å². The minimum Gasteiger partial charge on any atom is -0.356 e. The van der Waals surface area contributed by atoms with Gasteiger partial charge in [-0.15, -0.1) is 0 Å². The molecule has 1 fully saturated rings. The monoisotopic (exact) mass is 283 g/mol. The highest BCUT2D eigenvalue weighted by atomic mass is 16.1. The summed E-state index contributed by atoms with van der Waals surface area (Å²) in [7, 11) is 0. The minimum atomic E-state index is -0.0306. The highest BCUT2D eigenvalue weighted by Crippen LogP contribution is 2.21. The molecule has 1 saturated heterocycles. The smallest absolute Gasteiger partial charge is 0.221 e. The highest BCUT2D eigenvalue weighted by Gasteiger charge is 2.20. The fourth-order valence-corrected chi connectivity index (χ4v) is 2.93. The van der Waals surface area contributed by atoms with Crippen LogP contribution in [0.15, 0.2) is 0 Å². The van der Waals surface area contributed by atoms with Crippen LogP contribution in [0.4, 0.5) is 0 Å². The Morgan fingerprint density at radius 2 is 1.95 bits per heavy atom. The molecule has 1 rings (SSSR count). The molecule has 118 valence electrons. The summed E-state index contributed by atoms with van der Waals surface area (Å²) in [6, 6.07) is -0.0306. The van der Waals surface area contributed by atoms with Crippen LogP contribution in [-0.4, -0.2) is 43.0 Å². The van der Waals surface area contributed by atoms with Crippen LogP contribution >= 0.6 is 0 Å². The van der Waals surface area contributed by atoms with E-state index in [-0.39, 0.29) is 17.4 Å². The Balaban J connectivity index is 2.17. The van der Waals surface area contributed by atoms with E-state index in [1.807, 2.05) is 0 Å². The van der Waals surface area contributed by atoms with Crippen LogP contribution in [0.25, 0.3) is 0 Å². The molecular formula is C16H33N3O. The second-order valence-corrected chi connectivity index (χ2v) is 7.41. The molecule has 0 saturated carbocycles. The van der Waals surface area contributed by atoms with E-state index < -0.39 is 0 Å². The van der Waals surface area contributed by atoms with Crippen molar-refractivity contribution in [2.75, 3.05) is 26.2 Å². The van der Waals surface area contributed by atoms with Gasteiger partial charge in [0, 0.05) is 19.0 Å². The van der Waals surface area contributed by atoms with Gasteiger partial charge in [-0.25, -0.2) is 0 Å². The predicted molar refractivity (Wildman–Crippen MR) is 84.5 cm³/mol. The zero-order valence-corrected chi connectivity index (χ0v) is 13.7. The zero-order chi connectivity index (χ0) is 15.2. The number of rotatable bonds is 6. The Morgan fingerprint density at radius 3 is 2.45 bits per heavy atom. The summed E-state index contributed by atoms with van der Waals surface area (Å²) in [5.41, 5.74) is 6.23. The van der Waals surface area contributed by atoms with Gasteiger partial charge in [0.1, 0.15) is 0 Å². The second kappa shape index (κ2) is 7.99. The summed E-state index contributed by atoms with van der Waals surface area (Å²) in [6.45, 7) is 13.0. The van der Waals surface area contributed by atoms with Crippen molar-refractivity contribution in [1.29, 1.82) is 0 Å². The quantitative estimate of drug-likeness (QED) is 0.784. The summed E-state index contributed by atoms with van der Waals surface area (Å²) in [4.78, 5) is 14.4. The van der Waals surface area contributed by atoms with Crippen molar-refractivity contribution >= 4 is 5.91 Å². The summed E-state index contributed by atoms with van der Waals surface area (Å²) < 4.78 is 0. The van der Waals surface area contributed by atoms with Crippen molar-refractivity contribution in [2.24, 2.45) is 17.1 Å². The number of nitrogens with two attached hydrogens (primary N) is 1. The Hall–Kier alpha value is -0.610. The van der Waals surface area contributed by atoms with E-state index in [0.29, 0.717) is 12.3 Å². The Labute approximate surface area is 124 Å². The largest absolute Gasteiger partial charge is 0.356 e. The Kier molecular flexibility index (Phi) is 6.96. The predicted octanol–water partition coefficient (Wildman–Crippen LogP) is 1.99. The average molecular weight is 283 g/mol. The van der Waals surface area contributed by atoms with Gasteiger partial charge in [0.25, 0.3) is 0 Å².